The summed E-state index contributed by atoms with van der Waals surface area (Å²) < 4.78 is 5.50. The Morgan fingerprint density at radius 2 is 2.44 bits per heavy atom. The number of aromatic carboxylic acids is 1. The first-order chi connectivity index (χ1) is 7.72. The van der Waals surface area contributed by atoms with E-state index in [1.54, 1.807) is 18.2 Å². The number of benzene rings is 1. The molecule has 1 aliphatic heterocycles. The highest BCUT2D eigenvalue weighted by Crippen LogP contribution is 2.32. The summed E-state index contributed by atoms with van der Waals surface area (Å²) in [5.74, 6) is -0.106. The van der Waals surface area contributed by atoms with Gasteiger partial charge in [0.1, 0.15) is 5.75 Å². The summed E-state index contributed by atoms with van der Waals surface area (Å²) in [5, 5.41) is 12.3. The van der Waals surface area contributed by atoms with Crippen molar-refractivity contribution >= 4 is 5.97 Å². The Balaban J connectivity index is 2.36. The molecule has 1 aliphatic rings. The van der Waals surface area contributed by atoms with Crippen LogP contribution < -0.4 is 10.1 Å². The van der Waals surface area contributed by atoms with E-state index in [4.69, 9.17) is 9.84 Å². The van der Waals surface area contributed by atoms with Crippen LogP contribution in [0.4, 0.5) is 0 Å². The second-order valence-electron chi connectivity index (χ2n) is 3.81. The number of carboxylic acid groups (broad SMARTS) is 1. The molecule has 1 heterocycles. The lowest BCUT2D eigenvalue weighted by atomic mass is 9.98. The van der Waals surface area contributed by atoms with Crippen LogP contribution in [0.15, 0.2) is 18.2 Å². The Kier molecular flexibility index (Phi) is 3.10. The van der Waals surface area contributed by atoms with E-state index in [-0.39, 0.29) is 6.04 Å². The van der Waals surface area contributed by atoms with E-state index >= 15 is 0 Å². The average Bonchev–Trinajstić information content (AvgIpc) is 2.29. The number of nitrogens with one attached hydrogen (secondary N) is 1. The molecule has 0 fully saturated rings. The first-order valence-corrected chi connectivity index (χ1v) is 5.45. The molecule has 0 bridgehead atoms. The monoisotopic (exact) mass is 221 g/mol. The van der Waals surface area contributed by atoms with Gasteiger partial charge in [-0.1, -0.05) is 6.92 Å². The quantitative estimate of drug-likeness (QED) is 0.817. The van der Waals surface area contributed by atoms with Crippen LogP contribution in [0.3, 0.4) is 0 Å². The van der Waals surface area contributed by atoms with Crippen molar-refractivity contribution in [2.24, 2.45) is 0 Å². The van der Waals surface area contributed by atoms with Crippen LogP contribution in [0.1, 0.15) is 35.3 Å². The van der Waals surface area contributed by atoms with E-state index in [1.807, 2.05) is 6.92 Å². The zero-order chi connectivity index (χ0) is 11.5. The van der Waals surface area contributed by atoms with Crippen LogP contribution in [0.25, 0.3) is 0 Å². The Morgan fingerprint density at radius 3 is 3.12 bits per heavy atom. The lowest BCUT2D eigenvalue weighted by Crippen LogP contribution is -2.27. The molecule has 0 saturated carbocycles. The highest BCUT2D eigenvalue weighted by atomic mass is 16.5. The molecule has 0 radical (unpaired) electrons. The molecule has 4 nitrogen and oxygen atoms in total. The van der Waals surface area contributed by atoms with Gasteiger partial charge in [-0.05, 0) is 24.7 Å². The van der Waals surface area contributed by atoms with E-state index < -0.39 is 5.97 Å². The lowest BCUT2D eigenvalue weighted by Gasteiger charge is -2.26. The standard InChI is InChI=1S/C12H15NO3/c1-2-13-10-5-6-16-11-4-3-8(12(14)15)7-9(10)11/h3-4,7,10,13H,2,5-6H2,1H3,(H,14,15). The highest BCUT2D eigenvalue weighted by Gasteiger charge is 2.21. The molecule has 86 valence electrons. The molecule has 1 atom stereocenters. The minimum atomic E-state index is -0.899. The zero-order valence-corrected chi connectivity index (χ0v) is 9.19. The molecule has 1 aromatic rings. The van der Waals surface area contributed by atoms with Crippen LogP contribution >= 0.6 is 0 Å². The molecule has 4 heteroatoms. The molecule has 16 heavy (non-hydrogen) atoms. The van der Waals surface area contributed by atoms with Gasteiger partial charge in [0, 0.05) is 18.0 Å². The van der Waals surface area contributed by atoms with Crippen molar-refractivity contribution in [3.63, 3.8) is 0 Å². The molecule has 0 saturated heterocycles. The average molecular weight is 221 g/mol. The fraction of sp³-hybridized carbons (Fsp3) is 0.417. The maximum atomic E-state index is 10.9. The smallest absolute Gasteiger partial charge is 0.335 e. The zero-order valence-electron chi connectivity index (χ0n) is 9.19. The summed E-state index contributed by atoms with van der Waals surface area (Å²) in [6.45, 7) is 3.58. The number of carbonyl (C=O) groups is 1. The first kappa shape index (κ1) is 11.0. The summed E-state index contributed by atoms with van der Waals surface area (Å²) in [7, 11) is 0. The SMILES string of the molecule is CCNC1CCOc2ccc(C(=O)O)cc21. The van der Waals surface area contributed by atoms with E-state index in [2.05, 4.69) is 5.32 Å². The van der Waals surface area contributed by atoms with Gasteiger partial charge in [-0.25, -0.2) is 4.79 Å². The predicted molar refractivity (Wildman–Crippen MR) is 59.9 cm³/mol. The van der Waals surface area contributed by atoms with Crippen LogP contribution in [0.2, 0.25) is 0 Å². The van der Waals surface area contributed by atoms with Crippen molar-refractivity contribution in [1.29, 1.82) is 0 Å². The molecule has 1 aromatic carbocycles. The van der Waals surface area contributed by atoms with Gasteiger partial charge in [-0.3, -0.25) is 0 Å². The van der Waals surface area contributed by atoms with Crippen molar-refractivity contribution in [3.05, 3.63) is 29.3 Å². The summed E-state index contributed by atoms with van der Waals surface area (Å²) in [6.07, 6.45) is 0.879. The minimum absolute atomic E-state index is 0.202. The first-order valence-electron chi connectivity index (χ1n) is 5.45. The maximum absolute atomic E-state index is 10.9. The van der Waals surface area contributed by atoms with Gasteiger partial charge < -0.3 is 15.2 Å². The number of carboxylic acids is 1. The van der Waals surface area contributed by atoms with Gasteiger partial charge in [0.25, 0.3) is 0 Å². The summed E-state index contributed by atoms with van der Waals surface area (Å²) >= 11 is 0. The van der Waals surface area contributed by atoms with Crippen molar-refractivity contribution in [1.82, 2.24) is 5.32 Å². The van der Waals surface area contributed by atoms with Crippen molar-refractivity contribution < 1.29 is 14.6 Å². The summed E-state index contributed by atoms with van der Waals surface area (Å²) in [4.78, 5) is 10.9. The third-order valence-corrected chi connectivity index (χ3v) is 2.75. The molecule has 2 N–H and O–H groups in total. The Morgan fingerprint density at radius 1 is 1.62 bits per heavy atom. The summed E-state index contributed by atoms with van der Waals surface area (Å²) in [5.41, 5.74) is 1.26. The largest absolute Gasteiger partial charge is 0.493 e. The van der Waals surface area contributed by atoms with Crippen LogP contribution in [0, 0.1) is 0 Å². The number of hydrogen-bond donors (Lipinski definition) is 2. The van der Waals surface area contributed by atoms with Gasteiger partial charge in [0.2, 0.25) is 0 Å². The Bertz CT molecular complexity index is 403. The molecule has 0 aliphatic carbocycles. The second kappa shape index (κ2) is 4.53. The van der Waals surface area contributed by atoms with Gasteiger partial charge in [-0.15, -0.1) is 0 Å². The molecule has 0 aromatic heterocycles. The van der Waals surface area contributed by atoms with Crippen molar-refractivity contribution in [2.45, 2.75) is 19.4 Å². The third-order valence-electron chi connectivity index (χ3n) is 2.75. The Hall–Kier alpha value is -1.55. The Labute approximate surface area is 94.2 Å². The fourth-order valence-electron chi connectivity index (χ4n) is 1.99. The van der Waals surface area contributed by atoms with Crippen molar-refractivity contribution in [2.75, 3.05) is 13.2 Å². The second-order valence-corrected chi connectivity index (χ2v) is 3.81. The topological polar surface area (TPSA) is 58.6 Å². The minimum Gasteiger partial charge on any atom is -0.493 e. The molecule has 0 spiro atoms. The normalized spacial score (nSPS) is 18.7. The van der Waals surface area contributed by atoms with Gasteiger partial charge in [0.05, 0.1) is 12.2 Å². The van der Waals surface area contributed by atoms with Crippen molar-refractivity contribution in [3.8, 4) is 5.75 Å². The molecular formula is C12H15NO3. The van der Waals surface area contributed by atoms with E-state index in [0.29, 0.717) is 12.2 Å². The van der Waals surface area contributed by atoms with E-state index in [0.717, 1.165) is 24.3 Å². The number of rotatable bonds is 3. The third kappa shape index (κ3) is 2.02. The molecule has 0 amide bonds. The van der Waals surface area contributed by atoms with Gasteiger partial charge in [0.15, 0.2) is 0 Å². The number of fused-ring (bicyclic) bond motifs is 1. The molecule has 1 unspecified atom stereocenters. The summed E-state index contributed by atoms with van der Waals surface area (Å²) in [6, 6.07) is 5.22. The van der Waals surface area contributed by atoms with Crippen LogP contribution in [0.5, 0.6) is 5.75 Å². The number of ether oxygens (including phenoxy) is 1. The fourth-order valence-corrected chi connectivity index (χ4v) is 1.99. The van der Waals surface area contributed by atoms with Gasteiger partial charge >= 0.3 is 5.97 Å². The molecule has 2 rings (SSSR count). The number of hydrogen-bond acceptors (Lipinski definition) is 3. The van der Waals surface area contributed by atoms with Crippen LogP contribution in [-0.2, 0) is 0 Å². The lowest BCUT2D eigenvalue weighted by molar-refractivity contribution is 0.0696. The predicted octanol–water partition coefficient (Wildman–Crippen LogP) is 1.82. The highest BCUT2D eigenvalue weighted by molar-refractivity contribution is 5.88. The maximum Gasteiger partial charge on any atom is 0.335 e. The van der Waals surface area contributed by atoms with E-state index in [9.17, 15) is 4.79 Å². The van der Waals surface area contributed by atoms with Crippen LogP contribution in [-0.4, -0.2) is 24.2 Å². The van der Waals surface area contributed by atoms with E-state index in [1.165, 1.54) is 0 Å². The molecular weight excluding hydrogens is 206 g/mol. The van der Waals surface area contributed by atoms with Gasteiger partial charge in [-0.2, -0.15) is 0 Å².